The molecule has 0 radical (unpaired) electrons. The number of nitrogens with one attached hydrogen (secondary N) is 1. The van der Waals surface area contributed by atoms with E-state index in [-0.39, 0.29) is 29.6 Å². The molecule has 1 fully saturated rings. The van der Waals surface area contributed by atoms with E-state index in [1.165, 1.54) is 6.07 Å². The SMILES string of the molecule is Cc1cc(Br)cc(S(=O)(=O)Cl)c1OCCC(=O)NC1CC1. The number of rotatable bonds is 6. The van der Waals surface area contributed by atoms with E-state index in [4.69, 9.17) is 15.4 Å². The second-order valence-corrected chi connectivity index (χ2v) is 8.38. The van der Waals surface area contributed by atoms with Gasteiger partial charge in [-0.1, -0.05) is 15.9 Å². The zero-order chi connectivity index (χ0) is 15.6. The van der Waals surface area contributed by atoms with E-state index >= 15 is 0 Å². The summed E-state index contributed by atoms with van der Waals surface area (Å²) in [5.74, 6) is 0.0926. The first-order valence-corrected chi connectivity index (χ1v) is 9.54. The van der Waals surface area contributed by atoms with Crippen LogP contribution in [0.2, 0.25) is 0 Å². The lowest BCUT2D eigenvalue weighted by atomic mass is 10.2. The van der Waals surface area contributed by atoms with E-state index in [0.717, 1.165) is 12.8 Å². The molecule has 21 heavy (non-hydrogen) atoms. The van der Waals surface area contributed by atoms with Gasteiger partial charge in [-0.05, 0) is 37.5 Å². The number of halogens is 2. The Morgan fingerprint density at radius 2 is 2.14 bits per heavy atom. The molecule has 0 unspecified atom stereocenters. The summed E-state index contributed by atoms with van der Waals surface area (Å²) in [6.07, 6.45) is 2.22. The van der Waals surface area contributed by atoms with E-state index in [0.29, 0.717) is 16.1 Å². The van der Waals surface area contributed by atoms with Crippen molar-refractivity contribution < 1.29 is 17.9 Å². The maximum Gasteiger partial charge on any atom is 0.265 e. The van der Waals surface area contributed by atoms with Gasteiger partial charge < -0.3 is 10.1 Å². The first kappa shape index (κ1) is 16.6. The van der Waals surface area contributed by atoms with Gasteiger partial charge in [-0.2, -0.15) is 0 Å². The van der Waals surface area contributed by atoms with Crippen LogP contribution in [0.3, 0.4) is 0 Å². The fraction of sp³-hybridized carbons (Fsp3) is 0.462. The average molecular weight is 397 g/mol. The molecule has 0 spiro atoms. The molecule has 5 nitrogen and oxygen atoms in total. The summed E-state index contributed by atoms with van der Waals surface area (Å²) in [6, 6.07) is 3.41. The Bertz CT molecular complexity index is 658. The van der Waals surface area contributed by atoms with Crippen LogP contribution >= 0.6 is 26.6 Å². The van der Waals surface area contributed by atoms with Gasteiger partial charge >= 0.3 is 0 Å². The third-order valence-corrected chi connectivity index (χ3v) is 4.77. The summed E-state index contributed by atoms with van der Waals surface area (Å²) in [4.78, 5) is 11.5. The molecule has 8 heteroatoms. The summed E-state index contributed by atoms with van der Waals surface area (Å²) in [5.41, 5.74) is 0.631. The van der Waals surface area contributed by atoms with Crippen LogP contribution < -0.4 is 10.1 Å². The molecule has 1 aliphatic rings. The molecule has 1 saturated carbocycles. The van der Waals surface area contributed by atoms with Gasteiger partial charge in [0.25, 0.3) is 9.05 Å². The van der Waals surface area contributed by atoms with Gasteiger partial charge in [-0.3, -0.25) is 4.79 Å². The molecule has 0 aliphatic heterocycles. The molecule has 0 aromatic heterocycles. The van der Waals surface area contributed by atoms with Crippen molar-refractivity contribution in [1.82, 2.24) is 5.32 Å². The smallest absolute Gasteiger partial charge is 0.265 e. The van der Waals surface area contributed by atoms with Crippen molar-refractivity contribution in [1.29, 1.82) is 0 Å². The second-order valence-electron chi connectivity index (χ2n) is 4.93. The molecule has 1 aromatic rings. The molecule has 116 valence electrons. The van der Waals surface area contributed by atoms with Crippen molar-refractivity contribution in [2.45, 2.75) is 37.1 Å². The van der Waals surface area contributed by atoms with E-state index < -0.39 is 9.05 Å². The predicted octanol–water partition coefficient (Wildman–Crippen LogP) is 2.73. The van der Waals surface area contributed by atoms with Crippen molar-refractivity contribution in [2.75, 3.05) is 6.61 Å². The van der Waals surface area contributed by atoms with Crippen LogP contribution in [-0.4, -0.2) is 27.0 Å². The number of ether oxygens (including phenoxy) is 1. The van der Waals surface area contributed by atoms with Gasteiger partial charge in [0.15, 0.2) is 0 Å². The topological polar surface area (TPSA) is 72.5 Å². The summed E-state index contributed by atoms with van der Waals surface area (Å²) >= 11 is 3.22. The highest BCUT2D eigenvalue weighted by Gasteiger charge is 2.23. The highest BCUT2D eigenvalue weighted by atomic mass is 79.9. The highest BCUT2D eigenvalue weighted by Crippen LogP contribution is 2.33. The van der Waals surface area contributed by atoms with Crippen LogP contribution in [0.1, 0.15) is 24.8 Å². The molecular weight excluding hydrogens is 382 g/mol. The third-order valence-electron chi connectivity index (χ3n) is 2.99. The second kappa shape index (κ2) is 6.54. The minimum absolute atomic E-state index is 0.0949. The Hall–Kier alpha value is -0.790. The molecule has 1 aliphatic carbocycles. The van der Waals surface area contributed by atoms with Gasteiger partial charge in [0, 0.05) is 21.2 Å². The molecular formula is C13H15BrClNO4S. The van der Waals surface area contributed by atoms with Crippen LogP contribution in [0.25, 0.3) is 0 Å². The normalized spacial score (nSPS) is 14.8. The summed E-state index contributed by atoms with van der Waals surface area (Å²) in [7, 11) is 1.50. The van der Waals surface area contributed by atoms with Crippen molar-refractivity contribution in [3.8, 4) is 5.75 Å². The quantitative estimate of drug-likeness (QED) is 0.751. The Balaban J connectivity index is 2.06. The lowest BCUT2D eigenvalue weighted by Gasteiger charge is -2.13. The lowest BCUT2D eigenvalue weighted by molar-refractivity contribution is -0.121. The van der Waals surface area contributed by atoms with Crippen LogP contribution in [0.4, 0.5) is 0 Å². The molecule has 1 N–H and O–H groups in total. The minimum Gasteiger partial charge on any atom is -0.491 e. The molecule has 1 amide bonds. The lowest BCUT2D eigenvalue weighted by Crippen LogP contribution is -2.26. The summed E-state index contributed by atoms with van der Waals surface area (Å²) < 4.78 is 29.3. The molecule has 2 rings (SSSR count). The Morgan fingerprint density at radius 1 is 1.48 bits per heavy atom. The fourth-order valence-corrected chi connectivity index (χ4v) is 3.62. The van der Waals surface area contributed by atoms with E-state index in [9.17, 15) is 13.2 Å². The number of aryl methyl sites for hydroxylation is 1. The van der Waals surface area contributed by atoms with Gasteiger partial charge in [0.05, 0.1) is 13.0 Å². The maximum absolute atomic E-state index is 11.6. The zero-order valence-corrected chi connectivity index (χ0v) is 14.5. The molecule has 0 bridgehead atoms. The fourth-order valence-electron chi connectivity index (χ4n) is 1.84. The van der Waals surface area contributed by atoms with Gasteiger partial charge in [-0.25, -0.2) is 8.42 Å². The Labute approximate surface area is 136 Å². The standard InChI is InChI=1S/C13H15BrClNO4S/c1-8-6-9(14)7-11(21(15,18)19)13(8)20-5-4-12(17)16-10-2-3-10/h6-7,10H,2-5H2,1H3,(H,16,17). The van der Waals surface area contributed by atoms with Gasteiger partial charge in [-0.15, -0.1) is 0 Å². The van der Waals surface area contributed by atoms with Crippen molar-refractivity contribution >= 4 is 41.6 Å². The number of benzene rings is 1. The van der Waals surface area contributed by atoms with Gasteiger partial charge in [0.1, 0.15) is 10.6 Å². The minimum atomic E-state index is -3.92. The van der Waals surface area contributed by atoms with Crippen LogP contribution in [0.15, 0.2) is 21.5 Å². The molecule has 1 aromatic carbocycles. The first-order chi connectivity index (χ1) is 9.77. The summed E-state index contributed by atoms with van der Waals surface area (Å²) in [5, 5.41) is 2.84. The van der Waals surface area contributed by atoms with Crippen LogP contribution in [0, 0.1) is 6.92 Å². The zero-order valence-electron chi connectivity index (χ0n) is 11.4. The first-order valence-electron chi connectivity index (χ1n) is 6.44. The van der Waals surface area contributed by atoms with E-state index in [1.54, 1.807) is 13.0 Å². The van der Waals surface area contributed by atoms with Crippen LogP contribution in [0.5, 0.6) is 5.75 Å². The van der Waals surface area contributed by atoms with Crippen molar-refractivity contribution in [3.63, 3.8) is 0 Å². The number of carbonyl (C=O) groups is 1. The highest BCUT2D eigenvalue weighted by molar-refractivity contribution is 9.10. The number of carbonyl (C=O) groups excluding carboxylic acids is 1. The van der Waals surface area contributed by atoms with Crippen molar-refractivity contribution in [2.24, 2.45) is 0 Å². The summed E-state index contributed by atoms with van der Waals surface area (Å²) in [6.45, 7) is 1.82. The number of hydrogen-bond donors (Lipinski definition) is 1. The largest absolute Gasteiger partial charge is 0.491 e. The maximum atomic E-state index is 11.6. The monoisotopic (exact) mass is 395 g/mol. The Kier molecular flexibility index (Phi) is 5.16. The number of amides is 1. The molecule has 0 atom stereocenters. The van der Waals surface area contributed by atoms with Gasteiger partial charge in [0.2, 0.25) is 5.91 Å². The van der Waals surface area contributed by atoms with E-state index in [1.807, 2.05) is 0 Å². The molecule has 0 saturated heterocycles. The number of hydrogen-bond acceptors (Lipinski definition) is 4. The average Bonchev–Trinajstić information content (AvgIpc) is 3.13. The van der Waals surface area contributed by atoms with Crippen molar-refractivity contribution in [3.05, 3.63) is 22.2 Å². The Morgan fingerprint density at radius 3 is 2.71 bits per heavy atom. The van der Waals surface area contributed by atoms with Crippen LogP contribution in [-0.2, 0) is 13.8 Å². The molecule has 0 heterocycles. The third kappa shape index (κ3) is 4.86. The van der Waals surface area contributed by atoms with E-state index in [2.05, 4.69) is 21.2 Å². The predicted molar refractivity (Wildman–Crippen MR) is 83.2 cm³/mol.